The molecule has 0 bridgehead atoms. The van der Waals surface area contributed by atoms with E-state index in [1.165, 1.54) is 18.3 Å². The molecule has 3 nitrogen and oxygen atoms in total. The molecule has 0 spiro atoms. The molecular weight excluding hydrogens is 296 g/mol. The number of nitrogens with zero attached hydrogens (tertiary/aromatic N) is 1. The fraction of sp³-hybridized carbons (Fsp3) is 0. The Bertz CT molecular complexity index is 652. The third-order valence-electron chi connectivity index (χ3n) is 2.19. The number of halogens is 3. The van der Waals surface area contributed by atoms with E-state index >= 15 is 0 Å². The van der Waals surface area contributed by atoms with Crippen molar-refractivity contribution in [1.29, 1.82) is 0 Å². The van der Waals surface area contributed by atoms with Crippen LogP contribution in [-0.2, 0) is 0 Å². The average molecular weight is 302 g/mol. The van der Waals surface area contributed by atoms with E-state index in [2.05, 4.69) is 4.98 Å². The SMILES string of the molecule is O=C(O)c1ccnc(Sc2ccc(F)cc2F)c1Cl. The lowest BCUT2D eigenvalue weighted by atomic mass is 10.3. The highest BCUT2D eigenvalue weighted by Gasteiger charge is 2.15. The van der Waals surface area contributed by atoms with Crippen LogP contribution in [0.5, 0.6) is 0 Å². The van der Waals surface area contributed by atoms with Crippen molar-refractivity contribution >= 4 is 29.3 Å². The Morgan fingerprint density at radius 3 is 2.68 bits per heavy atom. The highest BCUT2D eigenvalue weighted by molar-refractivity contribution is 7.99. The summed E-state index contributed by atoms with van der Waals surface area (Å²) in [5.74, 6) is -2.65. The number of hydrogen-bond donors (Lipinski definition) is 1. The van der Waals surface area contributed by atoms with Gasteiger partial charge in [0, 0.05) is 17.2 Å². The molecule has 0 unspecified atom stereocenters. The molecule has 0 saturated heterocycles. The van der Waals surface area contributed by atoms with E-state index in [0.717, 1.165) is 23.9 Å². The molecule has 0 radical (unpaired) electrons. The Morgan fingerprint density at radius 1 is 1.32 bits per heavy atom. The summed E-state index contributed by atoms with van der Waals surface area (Å²) in [6.45, 7) is 0. The average Bonchev–Trinajstić information content (AvgIpc) is 2.34. The van der Waals surface area contributed by atoms with Crippen LogP contribution in [0.4, 0.5) is 8.78 Å². The molecule has 2 rings (SSSR count). The van der Waals surface area contributed by atoms with E-state index in [9.17, 15) is 13.6 Å². The van der Waals surface area contributed by atoms with Crippen LogP contribution < -0.4 is 0 Å². The summed E-state index contributed by atoms with van der Waals surface area (Å²) >= 11 is 6.71. The topological polar surface area (TPSA) is 50.2 Å². The van der Waals surface area contributed by atoms with Crippen LogP contribution in [0.15, 0.2) is 40.4 Å². The monoisotopic (exact) mass is 301 g/mol. The third kappa shape index (κ3) is 3.02. The van der Waals surface area contributed by atoms with Crippen molar-refractivity contribution in [3.8, 4) is 0 Å². The Balaban J connectivity index is 2.38. The quantitative estimate of drug-likeness (QED) is 0.935. The molecule has 0 aliphatic rings. The molecule has 7 heteroatoms. The van der Waals surface area contributed by atoms with Crippen LogP contribution in [0.25, 0.3) is 0 Å². The molecule has 19 heavy (non-hydrogen) atoms. The number of aromatic nitrogens is 1. The van der Waals surface area contributed by atoms with Crippen LogP contribution in [0.1, 0.15) is 10.4 Å². The first-order valence-electron chi connectivity index (χ1n) is 4.99. The zero-order valence-corrected chi connectivity index (χ0v) is 10.8. The number of aromatic carboxylic acids is 1. The smallest absolute Gasteiger partial charge is 0.337 e. The van der Waals surface area contributed by atoms with Gasteiger partial charge >= 0.3 is 5.97 Å². The predicted octanol–water partition coefficient (Wildman–Crippen LogP) is 3.86. The van der Waals surface area contributed by atoms with Gasteiger partial charge in [-0.1, -0.05) is 23.4 Å². The maximum atomic E-state index is 13.5. The van der Waals surface area contributed by atoms with E-state index in [0.29, 0.717) is 0 Å². The van der Waals surface area contributed by atoms with Crippen molar-refractivity contribution < 1.29 is 18.7 Å². The first-order valence-corrected chi connectivity index (χ1v) is 6.19. The molecule has 0 atom stereocenters. The Hall–Kier alpha value is -1.66. The number of pyridine rings is 1. The van der Waals surface area contributed by atoms with Gasteiger partial charge in [-0.2, -0.15) is 0 Å². The predicted molar refractivity (Wildman–Crippen MR) is 66.7 cm³/mol. The highest BCUT2D eigenvalue weighted by Crippen LogP contribution is 2.34. The third-order valence-corrected chi connectivity index (χ3v) is 3.74. The maximum Gasteiger partial charge on any atom is 0.337 e. The minimum atomic E-state index is -1.20. The van der Waals surface area contributed by atoms with Gasteiger partial charge in [-0.15, -0.1) is 0 Å². The second kappa shape index (κ2) is 5.54. The van der Waals surface area contributed by atoms with E-state index < -0.39 is 17.6 Å². The Morgan fingerprint density at radius 2 is 2.05 bits per heavy atom. The van der Waals surface area contributed by atoms with Gasteiger partial charge in [0.25, 0.3) is 0 Å². The van der Waals surface area contributed by atoms with Gasteiger partial charge in [-0.25, -0.2) is 18.6 Å². The summed E-state index contributed by atoms with van der Waals surface area (Å²) in [4.78, 5) is 14.9. The van der Waals surface area contributed by atoms with Gasteiger partial charge in [-0.3, -0.25) is 0 Å². The van der Waals surface area contributed by atoms with E-state index in [1.807, 2.05) is 0 Å². The molecule has 1 N–H and O–H groups in total. The van der Waals surface area contributed by atoms with Crippen LogP contribution in [-0.4, -0.2) is 16.1 Å². The number of carboxylic acid groups (broad SMARTS) is 1. The number of carboxylic acids is 1. The van der Waals surface area contributed by atoms with Crippen molar-refractivity contribution in [3.63, 3.8) is 0 Å². The Kier molecular flexibility index (Phi) is 4.01. The summed E-state index contributed by atoms with van der Waals surface area (Å²) in [6, 6.07) is 4.31. The van der Waals surface area contributed by atoms with Crippen molar-refractivity contribution in [3.05, 3.63) is 52.7 Å². The number of carbonyl (C=O) groups is 1. The van der Waals surface area contributed by atoms with E-state index in [4.69, 9.17) is 16.7 Å². The summed E-state index contributed by atoms with van der Waals surface area (Å²) in [7, 11) is 0. The number of rotatable bonds is 3. The molecule has 98 valence electrons. The second-order valence-corrected chi connectivity index (χ2v) is 4.87. The fourth-order valence-electron chi connectivity index (χ4n) is 1.32. The van der Waals surface area contributed by atoms with Gasteiger partial charge in [0.2, 0.25) is 0 Å². The first-order chi connectivity index (χ1) is 8.99. The summed E-state index contributed by atoms with van der Waals surface area (Å²) < 4.78 is 26.2. The molecule has 0 saturated carbocycles. The van der Waals surface area contributed by atoms with Gasteiger partial charge in [-0.05, 0) is 18.2 Å². The van der Waals surface area contributed by atoms with Crippen molar-refractivity contribution in [2.75, 3.05) is 0 Å². The summed E-state index contributed by atoms with van der Waals surface area (Å²) in [5.41, 5.74) is -0.123. The lowest BCUT2D eigenvalue weighted by Gasteiger charge is -2.06. The largest absolute Gasteiger partial charge is 0.478 e. The molecule has 0 aliphatic carbocycles. The van der Waals surface area contributed by atoms with Crippen LogP contribution >= 0.6 is 23.4 Å². The zero-order chi connectivity index (χ0) is 14.0. The maximum absolute atomic E-state index is 13.5. The van der Waals surface area contributed by atoms with Crippen molar-refractivity contribution in [1.82, 2.24) is 4.98 Å². The Labute approximate surface area is 116 Å². The number of benzene rings is 1. The molecular formula is C12H6ClF2NO2S. The lowest BCUT2D eigenvalue weighted by Crippen LogP contribution is -1.99. The van der Waals surface area contributed by atoms with Gasteiger partial charge < -0.3 is 5.11 Å². The number of hydrogen-bond acceptors (Lipinski definition) is 3. The van der Waals surface area contributed by atoms with Crippen molar-refractivity contribution in [2.24, 2.45) is 0 Å². The fourth-order valence-corrected chi connectivity index (χ4v) is 2.45. The van der Waals surface area contributed by atoms with Crippen molar-refractivity contribution in [2.45, 2.75) is 9.92 Å². The molecule has 1 heterocycles. The van der Waals surface area contributed by atoms with Gasteiger partial charge in [0.05, 0.1) is 10.6 Å². The lowest BCUT2D eigenvalue weighted by molar-refractivity contribution is 0.0696. The molecule has 0 amide bonds. The highest BCUT2D eigenvalue weighted by atomic mass is 35.5. The summed E-state index contributed by atoms with van der Waals surface area (Å²) in [6.07, 6.45) is 1.26. The standard InChI is InChI=1S/C12H6ClF2NO2S/c13-10-7(12(17)18)3-4-16-11(10)19-9-2-1-6(14)5-8(9)15/h1-5H,(H,17,18). The minimum Gasteiger partial charge on any atom is -0.478 e. The minimum absolute atomic E-state index is 0.0799. The molecule has 1 aromatic heterocycles. The van der Waals surface area contributed by atoms with E-state index in [1.54, 1.807) is 0 Å². The molecule has 0 fully saturated rings. The van der Waals surface area contributed by atoms with E-state index in [-0.39, 0.29) is 20.5 Å². The molecule has 1 aromatic carbocycles. The zero-order valence-electron chi connectivity index (χ0n) is 9.23. The first kappa shape index (κ1) is 13.8. The van der Waals surface area contributed by atoms with Gasteiger partial charge in [0.15, 0.2) is 0 Å². The normalized spacial score (nSPS) is 10.5. The van der Waals surface area contributed by atoms with Gasteiger partial charge in [0.1, 0.15) is 16.7 Å². The molecule has 2 aromatic rings. The molecule has 0 aliphatic heterocycles. The summed E-state index contributed by atoms with van der Waals surface area (Å²) in [5, 5.41) is 8.97. The van der Waals surface area contributed by atoms with Crippen LogP contribution in [0, 0.1) is 11.6 Å². The second-order valence-electron chi connectivity index (χ2n) is 3.46. The van der Waals surface area contributed by atoms with Crippen LogP contribution in [0.2, 0.25) is 5.02 Å². The van der Waals surface area contributed by atoms with Crippen LogP contribution in [0.3, 0.4) is 0 Å².